The van der Waals surface area contributed by atoms with Crippen LogP contribution in [0.5, 0.6) is 0 Å². The molecule has 0 saturated carbocycles. The number of hydrogen-bond acceptors (Lipinski definition) is 4. The summed E-state index contributed by atoms with van der Waals surface area (Å²) in [6.07, 6.45) is 0.861. The van der Waals surface area contributed by atoms with Crippen molar-refractivity contribution in [3.05, 3.63) is 82.3 Å². The summed E-state index contributed by atoms with van der Waals surface area (Å²) < 4.78 is 4.16. The highest BCUT2D eigenvalue weighted by molar-refractivity contribution is 7.22. The molecule has 0 radical (unpaired) electrons. The number of benzene rings is 2. The van der Waals surface area contributed by atoms with Crippen molar-refractivity contribution < 1.29 is 4.79 Å². The van der Waals surface area contributed by atoms with Crippen molar-refractivity contribution in [3.8, 4) is 0 Å². The second kappa shape index (κ2) is 7.63. The minimum Gasteiger partial charge on any atom is -0.335 e. The van der Waals surface area contributed by atoms with Gasteiger partial charge >= 0.3 is 0 Å². The van der Waals surface area contributed by atoms with E-state index < -0.39 is 0 Å². The number of amides is 1. The normalized spacial score (nSPS) is 11.3. The van der Waals surface area contributed by atoms with Crippen LogP contribution in [0.15, 0.2) is 66.0 Å². The molecular formula is C22H16ClN3OS2. The molecule has 2 aromatic carbocycles. The molecule has 1 N–H and O–H groups in total. The molecule has 5 aromatic rings. The molecule has 0 fully saturated rings. The largest absolute Gasteiger partial charge is 0.335 e. The second-order valence-electron chi connectivity index (χ2n) is 6.67. The first-order valence-electron chi connectivity index (χ1n) is 9.15. The van der Waals surface area contributed by atoms with Gasteiger partial charge in [-0.15, -0.1) is 11.3 Å². The summed E-state index contributed by atoms with van der Waals surface area (Å²) in [4.78, 5) is 17.6. The van der Waals surface area contributed by atoms with Crippen LogP contribution in [-0.2, 0) is 13.0 Å². The summed E-state index contributed by atoms with van der Waals surface area (Å²) in [7, 11) is 0. The topological polar surface area (TPSA) is 46.9 Å². The second-order valence-corrected chi connectivity index (χ2v) is 9.09. The lowest BCUT2D eigenvalue weighted by atomic mass is 10.1. The van der Waals surface area contributed by atoms with Gasteiger partial charge in [-0.1, -0.05) is 53.3 Å². The summed E-state index contributed by atoms with van der Waals surface area (Å²) in [5.74, 6) is -0.147. The highest BCUT2D eigenvalue weighted by Gasteiger charge is 2.18. The van der Waals surface area contributed by atoms with Gasteiger partial charge in [0, 0.05) is 11.6 Å². The number of anilines is 1. The van der Waals surface area contributed by atoms with Gasteiger partial charge in [-0.05, 0) is 47.7 Å². The molecule has 0 spiro atoms. The van der Waals surface area contributed by atoms with E-state index in [4.69, 9.17) is 11.6 Å². The molecule has 0 atom stereocenters. The van der Waals surface area contributed by atoms with Crippen LogP contribution in [0.1, 0.15) is 16.1 Å². The highest BCUT2D eigenvalue weighted by Crippen LogP contribution is 2.30. The number of rotatable bonds is 5. The van der Waals surface area contributed by atoms with Crippen molar-refractivity contribution in [2.75, 3.05) is 5.32 Å². The van der Waals surface area contributed by atoms with Crippen LogP contribution >= 0.6 is 34.3 Å². The van der Waals surface area contributed by atoms with E-state index in [1.54, 1.807) is 17.4 Å². The molecule has 1 amide bonds. The molecule has 7 heteroatoms. The van der Waals surface area contributed by atoms with Gasteiger partial charge in [0.1, 0.15) is 5.69 Å². The molecule has 3 heterocycles. The summed E-state index contributed by atoms with van der Waals surface area (Å²) in [5.41, 5.74) is 3.82. The minimum atomic E-state index is -0.147. The van der Waals surface area contributed by atoms with Crippen molar-refractivity contribution >= 4 is 65.7 Å². The van der Waals surface area contributed by atoms with Crippen molar-refractivity contribution in [2.24, 2.45) is 0 Å². The van der Waals surface area contributed by atoms with Crippen LogP contribution in [-0.4, -0.2) is 15.5 Å². The van der Waals surface area contributed by atoms with Gasteiger partial charge < -0.3 is 4.57 Å². The van der Waals surface area contributed by atoms with Crippen LogP contribution in [0.25, 0.3) is 20.4 Å². The van der Waals surface area contributed by atoms with Gasteiger partial charge in [0.25, 0.3) is 5.91 Å². The zero-order valence-corrected chi connectivity index (χ0v) is 17.7. The fourth-order valence-corrected chi connectivity index (χ4v) is 5.36. The van der Waals surface area contributed by atoms with E-state index in [9.17, 15) is 4.79 Å². The molecule has 29 heavy (non-hydrogen) atoms. The SMILES string of the molecule is O=C(Nc1nc2ccc(Cl)cc2s1)c1cc2sccc2n1CCc1ccccc1. The number of hydrogen-bond donors (Lipinski definition) is 1. The molecule has 0 saturated heterocycles. The molecule has 0 aliphatic carbocycles. The number of carbonyl (C=O) groups is 1. The Balaban J connectivity index is 1.43. The molecule has 5 rings (SSSR count). The number of thiophene rings is 1. The highest BCUT2D eigenvalue weighted by atomic mass is 35.5. The first kappa shape index (κ1) is 18.4. The number of thiazole rings is 1. The van der Waals surface area contributed by atoms with Crippen LogP contribution in [0.2, 0.25) is 5.02 Å². The Hall–Kier alpha value is -2.67. The number of fused-ring (bicyclic) bond motifs is 2. The maximum absolute atomic E-state index is 13.1. The molecule has 3 aromatic heterocycles. The van der Waals surface area contributed by atoms with Gasteiger partial charge in [0.05, 0.1) is 20.4 Å². The zero-order valence-electron chi connectivity index (χ0n) is 15.3. The Bertz CT molecular complexity index is 1320. The van der Waals surface area contributed by atoms with E-state index in [0.717, 1.165) is 33.4 Å². The quantitative estimate of drug-likeness (QED) is 0.343. The van der Waals surface area contributed by atoms with Gasteiger partial charge in [-0.25, -0.2) is 4.98 Å². The third-order valence-electron chi connectivity index (χ3n) is 4.79. The number of aryl methyl sites for hydroxylation is 2. The molecule has 0 bridgehead atoms. The van der Waals surface area contributed by atoms with E-state index in [-0.39, 0.29) is 5.91 Å². The molecule has 4 nitrogen and oxygen atoms in total. The Labute approximate surface area is 180 Å². The maximum Gasteiger partial charge on any atom is 0.274 e. The predicted octanol–water partition coefficient (Wildman–Crippen LogP) is 6.46. The number of carbonyl (C=O) groups excluding carboxylic acids is 1. The lowest BCUT2D eigenvalue weighted by Crippen LogP contribution is -2.17. The molecular weight excluding hydrogens is 422 g/mol. The van der Waals surface area contributed by atoms with Crippen LogP contribution in [0.3, 0.4) is 0 Å². The first-order valence-corrected chi connectivity index (χ1v) is 11.2. The van der Waals surface area contributed by atoms with Crippen molar-refractivity contribution in [1.29, 1.82) is 0 Å². The summed E-state index contributed by atoms with van der Waals surface area (Å²) in [6, 6.07) is 19.9. The summed E-state index contributed by atoms with van der Waals surface area (Å²) in [6.45, 7) is 0.739. The Morgan fingerprint density at radius 2 is 1.93 bits per heavy atom. The van der Waals surface area contributed by atoms with Gasteiger partial charge in [-0.2, -0.15) is 0 Å². The van der Waals surface area contributed by atoms with E-state index in [1.165, 1.54) is 16.9 Å². The molecule has 0 aliphatic rings. The van der Waals surface area contributed by atoms with Gasteiger partial charge in [0.2, 0.25) is 0 Å². The fraction of sp³-hybridized carbons (Fsp3) is 0.0909. The standard InChI is InChI=1S/C22H16ClN3OS2/c23-15-6-7-16-19(12-15)29-22(24-16)25-21(27)18-13-20-17(9-11-28-20)26(18)10-8-14-4-2-1-3-5-14/h1-7,9,11-13H,8,10H2,(H,24,25,27). The van der Waals surface area contributed by atoms with Gasteiger partial charge in [0.15, 0.2) is 5.13 Å². The molecule has 144 valence electrons. The lowest BCUT2D eigenvalue weighted by Gasteiger charge is -2.10. The predicted molar refractivity (Wildman–Crippen MR) is 123 cm³/mol. The lowest BCUT2D eigenvalue weighted by molar-refractivity contribution is 0.101. The van der Waals surface area contributed by atoms with Crippen molar-refractivity contribution in [2.45, 2.75) is 13.0 Å². The van der Waals surface area contributed by atoms with Crippen LogP contribution in [0.4, 0.5) is 5.13 Å². The van der Waals surface area contributed by atoms with E-state index in [0.29, 0.717) is 15.8 Å². The van der Waals surface area contributed by atoms with Gasteiger partial charge in [-0.3, -0.25) is 10.1 Å². The monoisotopic (exact) mass is 437 g/mol. The Morgan fingerprint density at radius 3 is 2.79 bits per heavy atom. The third-order valence-corrected chi connectivity index (χ3v) is 6.82. The van der Waals surface area contributed by atoms with Crippen molar-refractivity contribution in [3.63, 3.8) is 0 Å². The summed E-state index contributed by atoms with van der Waals surface area (Å²) in [5, 5.41) is 6.26. The van der Waals surface area contributed by atoms with E-state index in [2.05, 4.69) is 38.4 Å². The average Bonchev–Trinajstić information content (AvgIpc) is 3.41. The summed E-state index contributed by atoms with van der Waals surface area (Å²) >= 11 is 9.13. The molecule has 0 aliphatic heterocycles. The van der Waals surface area contributed by atoms with Crippen LogP contribution < -0.4 is 5.32 Å². The van der Waals surface area contributed by atoms with Crippen LogP contribution in [0, 0.1) is 0 Å². The maximum atomic E-state index is 13.1. The number of nitrogens with one attached hydrogen (secondary N) is 1. The average molecular weight is 438 g/mol. The Kier molecular flexibility index (Phi) is 4.83. The Morgan fingerprint density at radius 1 is 1.07 bits per heavy atom. The van der Waals surface area contributed by atoms with Crippen molar-refractivity contribution in [1.82, 2.24) is 9.55 Å². The number of aromatic nitrogens is 2. The third kappa shape index (κ3) is 3.67. The first-order chi connectivity index (χ1) is 14.2. The number of halogens is 1. The minimum absolute atomic E-state index is 0.147. The fourth-order valence-electron chi connectivity index (χ4n) is 3.40. The molecule has 0 unspecified atom stereocenters. The van der Waals surface area contributed by atoms with E-state index >= 15 is 0 Å². The smallest absolute Gasteiger partial charge is 0.274 e. The zero-order chi connectivity index (χ0) is 19.8. The van der Waals surface area contributed by atoms with E-state index in [1.807, 2.05) is 36.4 Å². The number of nitrogens with zero attached hydrogens (tertiary/aromatic N) is 2.